The van der Waals surface area contributed by atoms with Crippen LogP contribution in [0.2, 0.25) is 10.0 Å². The standard InChI is InChI=1S/C30H33Cl2FN4O3/c1-3-4-5-6-26(38)36-13-15-37(16-14-36)30(39)21-9-7-20(8-10-21)22-17-25(29(34)35-18-22)40-19(2)27-23(31)11-12-24(33)28(27)32/h7-12,17-19H,3-6,13-16H2,1-2H3,(H2,34,35). The van der Waals surface area contributed by atoms with Crippen LogP contribution in [0.1, 0.15) is 61.6 Å². The first kappa shape index (κ1) is 29.6. The largest absolute Gasteiger partial charge is 0.482 e. The third-order valence-corrected chi connectivity index (χ3v) is 7.76. The quantitative estimate of drug-likeness (QED) is 0.220. The first-order valence-corrected chi connectivity index (χ1v) is 14.2. The molecular weight excluding hydrogens is 554 g/mol. The van der Waals surface area contributed by atoms with Crippen molar-refractivity contribution < 1.29 is 18.7 Å². The van der Waals surface area contributed by atoms with E-state index in [0.717, 1.165) is 30.4 Å². The van der Waals surface area contributed by atoms with Gasteiger partial charge in [-0.3, -0.25) is 9.59 Å². The fraction of sp³-hybridized carbons (Fsp3) is 0.367. The zero-order chi connectivity index (χ0) is 28.8. The highest BCUT2D eigenvalue weighted by Crippen LogP contribution is 2.37. The zero-order valence-electron chi connectivity index (χ0n) is 22.6. The average molecular weight is 588 g/mol. The topological polar surface area (TPSA) is 88.8 Å². The predicted molar refractivity (Wildman–Crippen MR) is 156 cm³/mol. The minimum absolute atomic E-state index is 0.0678. The van der Waals surface area contributed by atoms with Crippen LogP contribution in [-0.2, 0) is 4.79 Å². The lowest BCUT2D eigenvalue weighted by atomic mass is 10.0. The van der Waals surface area contributed by atoms with E-state index in [1.807, 2.05) is 17.0 Å². The molecule has 1 saturated heterocycles. The Bertz CT molecular complexity index is 1360. The molecule has 0 aliphatic carbocycles. The number of aromatic nitrogens is 1. The van der Waals surface area contributed by atoms with E-state index in [-0.39, 0.29) is 27.7 Å². The SMILES string of the molecule is CCCCCC(=O)N1CCN(C(=O)c2ccc(-c3cnc(N)c(OC(C)c4c(Cl)ccc(F)c4Cl)c3)cc2)CC1. The number of nitrogens with zero attached hydrogens (tertiary/aromatic N) is 3. The predicted octanol–water partition coefficient (Wildman–Crippen LogP) is 6.78. The lowest BCUT2D eigenvalue weighted by Crippen LogP contribution is -2.50. The summed E-state index contributed by atoms with van der Waals surface area (Å²) in [5, 5.41) is 0.171. The molecule has 3 aromatic rings. The number of piperazine rings is 1. The smallest absolute Gasteiger partial charge is 0.253 e. The Hall–Kier alpha value is -3.36. The van der Waals surface area contributed by atoms with Crippen molar-refractivity contribution in [2.45, 2.75) is 45.6 Å². The summed E-state index contributed by atoms with van der Waals surface area (Å²) >= 11 is 12.4. The van der Waals surface area contributed by atoms with Gasteiger partial charge in [-0.2, -0.15) is 0 Å². The number of hydrogen-bond acceptors (Lipinski definition) is 5. The van der Waals surface area contributed by atoms with Crippen molar-refractivity contribution in [3.8, 4) is 16.9 Å². The number of unbranched alkanes of at least 4 members (excludes halogenated alkanes) is 2. The van der Waals surface area contributed by atoms with Gasteiger partial charge in [-0.1, -0.05) is 55.1 Å². The van der Waals surface area contributed by atoms with Crippen LogP contribution >= 0.6 is 23.2 Å². The van der Waals surface area contributed by atoms with E-state index in [4.69, 9.17) is 33.7 Å². The second-order valence-corrected chi connectivity index (χ2v) is 10.6. The monoisotopic (exact) mass is 586 g/mol. The number of pyridine rings is 1. The van der Waals surface area contributed by atoms with E-state index in [1.54, 1.807) is 36.2 Å². The summed E-state index contributed by atoms with van der Waals surface area (Å²) in [6, 6.07) is 11.6. The lowest BCUT2D eigenvalue weighted by molar-refractivity contribution is -0.132. The summed E-state index contributed by atoms with van der Waals surface area (Å²) in [6.07, 6.45) is 4.54. The molecule has 0 spiro atoms. The van der Waals surface area contributed by atoms with Gasteiger partial charge in [0.2, 0.25) is 5.91 Å². The number of ether oxygens (including phenoxy) is 1. The first-order valence-electron chi connectivity index (χ1n) is 13.4. The van der Waals surface area contributed by atoms with Crippen LogP contribution in [0.3, 0.4) is 0 Å². The maximum Gasteiger partial charge on any atom is 0.253 e. The van der Waals surface area contributed by atoms with Crippen molar-refractivity contribution in [3.05, 3.63) is 75.7 Å². The van der Waals surface area contributed by atoms with Crippen LogP contribution in [0.4, 0.5) is 10.2 Å². The molecule has 4 rings (SSSR count). The molecule has 1 fully saturated rings. The Morgan fingerprint density at radius 1 is 1.02 bits per heavy atom. The van der Waals surface area contributed by atoms with Gasteiger partial charge < -0.3 is 20.3 Å². The van der Waals surface area contributed by atoms with Gasteiger partial charge in [0.05, 0.1) is 5.02 Å². The minimum atomic E-state index is -0.692. The number of carbonyl (C=O) groups is 2. The molecule has 0 radical (unpaired) electrons. The number of anilines is 1. The van der Waals surface area contributed by atoms with Crippen molar-refractivity contribution in [1.82, 2.24) is 14.8 Å². The third kappa shape index (κ3) is 6.85. The van der Waals surface area contributed by atoms with Gasteiger partial charge in [-0.25, -0.2) is 9.37 Å². The van der Waals surface area contributed by atoms with Crippen LogP contribution in [0.5, 0.6) is 5.75 Å². The molecule has 0 bridgehead atoms. The van der Waals surface area contributed by atoms with E-state index >= 15 is 0 Å². The fourth-order valence-corrected chi connectivity index (χ4v) is 5.38. The first-order chi connectivity index (χ1) is 19.2. The van der Waals surface area contributed by atoms with Crippen LogP contribution in [-0.4, -0.2) is 52.8 Å². The van der Waals surface area contributed by atoms with E-state index in [2.05, 4.69) is 11.9 Å². The van der Waals surface area contributed by atoms with Gasteiger partial charge in [0.1, 0.15) is 11.9 Å². The third-order valence-electron chi connectivity index (χ3n) is 7.05. The Morgan fingerprint density at radius 2 is 1.70 bits per heavy atom. The maximum atomic E-state index is 14.0. The maximum absolute atomic E-state index is 14.0. The zero-order valence-corrected chi connectivity index (χ0v) is 24.1. The van der Waals surface area contributed by atoms with Crippen LogP contribution < -0.4 is 10.5 Å². The number of amides is 2. The molecule has 1 aliphatic heterocycles. The molecule has 2 N–H and O–H groups in total. The van der Waals surface area contributed by atoms with E-state index in [1.165, 1.54) is 12.1 Å². The van der Waals surface area contributed by atoms with Gasteiger partial charge in [0.25, 0.3) is 5.91 Å². The molecule has 1 unspecified atom stereocenters. The van der Waals surface area contributed by atoms with Crippen molar-refractivity contribution >= 4 is 40.8 Å². The molecule has 1 aliphatic rings. The van der Waals surface area contributed by atoms with Gasteiger partial charge in [0, 0.05) is 60.5 Å². The number of rotatable bonds is 9. The molecule has 7 nitrogen and oxygen atoms in total. The Balaban J connectivity index is 1.41. The van der Waals surface area contributed by atoms with Crippen LogP contribution in [0, 0.1) is 5.82 Å². The highest BCUT2D eigenvalue weighted by molar-refractivity contribution is 6.36. The molecule has 2 heterocycles. The van der Waals surface area contributed by atoms with Gasteiger partial charge in [-0.15, -0.1) is 0 Å². The highest BCUT2D eigenvalue weighted by atomic mass is 35.5. The molecule has 2 amide bonds. The van der Waals surface area contributed by atoms with E-state index < -0.39 is 11.9 Å². The molecule has 1 atom stereocenters. The summed E-state index contributed by atoms with van der Waals surface area (Å²) in [5.74, 6) is -0.0369. The summed E-state index contributed by atoms with van der Waals surface area (Å²) in [7, 11) is 0. The van der Waals surface area contributed by atoms with Crippen LogP contribution in [0.25, 0.3) is 11.1 Å². The normalized spacial score (nSPS) is 14.2. The fourth-order valence-electron chi connectivity index (χ4n) is 4.70. The average Bonchev–Trinajstić information content (AvgIpc) is 2.96. The Kier molecular flexibility index (Phi) is 9.87. The highest BCUT2D eigenvalue weighted by Gasteiger charge is 2.25. The van der Waals surface area contributed by atoms with Crippen molar-refractivity contribution in [3.63, 3.8) is 0 Å². The summed E-state index contributed by atoms with van der Waals surface area (Å²) in [5.41, 5.74) is 8.47. The molecular formula is C30H33Cl2FN4O3. The Labute approximate surface area is 244 Å². The number of nitrogens with two attached hydrogens (primary N) is 1. The minimum Gasteiger partial charge on any atom is -0.482 e. The van der Waals surface area contributed by atoms with Gasteiger partial charge in [0.15, 0.2) is 11.6 Å². The summed E-state index contributed by atoms with van der Waals surface area (Å²) in [4.78, 5) is 33.4. The molecule has 1 aromatic heterocycles. The van der Waals surface area contributed by atoms with Crippen molar-refractivity contribution in [2.75, 3.05) is 31.9 Å². The lowest BCUT2D eigenvalue weighted by Gasteiger charge is -2.35. The Morgan fingerprint density at radius 3 is 2.38 bits per heavy atom. The van der Waals surface area contributed by atoms with E-state index in [9.17, 15) is 14.0 Å². The second-order valence-electron chi connectivity index (χ2n) is 9.83. The number of nitrogen functional groups attached to an aromatic ring is 1. The second kappa shape index (κ2) is 13.3. The number of benzene rings is 2. The van der Waals surface area contributed by atoms with Crippen LogP contribution in [0.15, 0.2) is 48.7 Å². The number of halogens is 3. The number of carbonyl (C=O) groups excluding carboxylic acids is 2. The van der Waals surface area contributed by atoms with E-state index in [0.29, 0.717) is 49.5 Å². The summed E-state index contributed by atoms with van der Waals surface area (Å²) < 4.78 is 20.0. The summed E-state index contributed by atoms with van der Waals surface area (Å²) in [6.45, 7) is 5.95. The molecule has 2 aromatic carbocycles. The van der Waals surface area contributed by atoms with Gasteiger partial charge >= 0.3 is 0 Å². The molecule has 0 saturated carbocycles. The molecule has 10 heteroatoms. The molecule has 212 valence electrons. The van der Waals surface area contributed by atoms with Crippen molar-refractivity contribution in [1.29, 1.82) is 0 Å². The van der Waals surface area contributed by atoms with Gasteiger partial charge in [-0.05, 0) is 49.2 Å². The van der Waals surface area contributed by atoms with Crippen molar-refractivity contribution in [2.24, 2.45) is 0 Å². The number of hydrogen-bond donors (Lipinski definition) is 1. The molecule has 40 heavy (non-hydrogen) atoms.